The van der Waals surface area contributed by atoms with Crippen LogP contribution < -0.4 is 0 Å². The molecule has 10 rings (SSSR count). The van der Waals surface area contributed by atoms with Crippen molar-refractivity contribution >= 4 is 5.97 Å². The van der Waals surface area contributed by atoms with Gasteiger partial charge in [-0.3, -0.25) is 4.79 Å². The van der Waals surface area contributed by atoms with Crippen molar-refractivity contribution in [2.24, 2.45) is 5.92 Å². The summed E-state index contributed by atoms with van der Waals surface area (Å²) in [6.07, 6.45) is 1.15. The second kappa shape index (κ2) is 14.2. The van der Waals surface area contributed by atoms with Gasteiger partial charge in [-0.1, -0.05) is 20.1 Å². The molecule has 10 fully saturated rings. The molecule has 290 valence electrons. The summed E-state index contributed by atoms with van der Waals surface area (Å²) in [6.45, 7) is 10.6. The van der Waals surface area contributed by atoms with Gasteiger partial charge >= 0.3 is 5.97 Å². The molecule has 1 spiro atoms. The van der Waals surface area contributed by atoms with E-state index in [0.29, 0.717) is 32.1 Å². The van der Waals surface area contributed by atoms with Gasteiger partial charge in [-0.25, -0.2) is 0 Å². The van der Waals surface area contributed by atoms with Gasteiger partial charge in [0.2, 0.25) is 0 Å². The second-order valence-corrected chi connectivity index (χ2v) is 16.9. The molecular weight excluding hydrogens is 676 g/mol. The van der Waals surface area contributed by atoms with Crippen LogP contribution in [0.4, 0.5) is 0 Å². The zero-order chi connectivity index (χ0) is 35.9. The van der Waals surface area contributed by atoms with E-state index in [2.05, 4.69) is 20.1 Å². The molecule has 10 heterocycles. The van der Waals surface area contributed by atoms with E-state index in [1.54, 1.807) is 7.11 Å². The maximum atomic E-state index is 13.8. The quantitative estimate of drug-likeness (QED) is 0.323. The molecular formula is C39H56O13. The summed E-state index contributed by atoms with van der Waals surface area (Å²) in [5.74, 6) is -1.01. The Kier molecular flexibility index (Phi) is 9.89. The van der Waals surface area contributed by atoms with Crippen LogP contribution >= 0.6 is 0 Å². The smallest absolute Gasteiger partial charge is 0.308 e. The Morgan fingerprint density at radius 2 is 1.54 bits per heavy atom. The summed E-state index contributed by atoms with van der Waals surface area (Å²) in [5.41, 5.74) is 2.10. The zero-order valence-electron chi connectivity index (χ0n) is 30.4. The van der Waals surface area contributed by atoms with Gasteiger partial charge in [-0.2, -0.15) is 0 Å². The molecule has 10 saturated heterocycles. The lowest BCUT2D eigenvalue weighted by molar-refractivity contribution is -0.293. The van der Waals surface area contributed by atoms with Crippen molar-refractivity contribution in [3.05, 3.63) is 24.3 Å². The molecule has 0 radical (unpaired) electrons. The van der Waals surface area contributed by atoms with Gasteiger partial charge in [0, 0.05) is 32.8 Å². The van der Waals surface area contributed by atoms with E-state index >= 15 is 0 Å². The Balaban J connectivity index is 0.994. The summed E-state index contributed by atoms with van der Waals surface area (Å²) < 4.78 is 65.6. The molecule has 0 aromatic rings. The van der Waals surface area contributed by atoms with Crippen molar-refractivity contribution in [1.29, 1.82) is 0 Å². The van der Waals surface area contributed by atoms with Gasteiger partial charge in [0.1, 0.15) is 42.7 Å². The number of carbonyl (C=O) groups excluding carboxylic acids is 1. The van der Waals surface area contributed by atoms with Crippen LogP contribution in [-0.2, 0) is 52.2 Å². The number of hydrogen-bond acceptors (Lipinski definition) is 13. The van der Waals surface area contributed by atoms with E-state index in [0.717, 1.165) is 43.3 Å². The molecule has 0 aliphatic carbocycles. The van der Waals surface area contributed by atoms with E-state index in [4.69, 9.17) is 47.4 Å². The number of methoxy groups -OCH3 is 1. The molecule has 0 saturated carbocycles. The maximum absolute atomic E-state index is 13.8. The molecule has 10 aliphatic rings. The summed E-state index contributed by atoms with van der Waals surface area (Å²) in [6, 6.07) is 0. The van der Waals surface area contributed by atoms with E-state index < -0.39 is 61.1 Å². The first-order valence-electron chi connectivity index (χ1n) is 19.8. The minimum atomic E-state index is -1.01. The summed E-state index contributed by atoms with van der Waals surface area (Å²) in [4.78, 5) is 13.8. The maximum Gasteiger partial charge on any atom is 0.308 e. The lowest BCUT2D eigenvalue weighted by Crippen LogP contribution is -2.61. The summed E-state index contributed by atoms with van der Waals surface area (Å²) >= 11 is 0. The molecule has 2 N–H and O–H groups in total. The molecule has 13 heteroatoms. The van der Waals surface area contributed by atoms with Crippen LogP contribution in [0.3, 0.4) is 0 Å². The van der Waals surface area contributed by atoms with Gasteiger partial charge in [0.05, 0.1) is 68.0 Å². The predicted molar refractivity (Wildman–Crippen MR) is 181 cm³/mol. The van der Waals surface area contributed by atoms with E-state index in [-0.39, 0.29) is 79.8 Å². The average Bonchev–Trinajstić information content (AvgIpc) is 3.79. The highest BCUT2D eigenvalue weighted by atomic mass is 16.8. The lowest BCUT2D eigenvalue weighted by Gasteiger charge is -2.47. The zero-order valence-corrected chi connectivity index (χ0v) is 30.4. The fourth-order valence-corrected chi connectivity index (χ4v) is 10.8. The van der Waals surface area contributed by atoms with Crippen molar-refractivity contribution in [3.63, 3.8) is 0 Å². The van der Waals surface area contributed by atoms with Crippen LogP contribution in [0.15, 0.2) is 24.3 Å². The van der Waals surface area contributed by atoms with Crippen molar-refractivity contribution in [1.82, 2.24) is 0 Å². The van der Waals surface area contributed by atoms with Crippen LogP contribution in [0, 0.1) is 5.92 Å². The number of carbonyl (C=O) groups is 1. The van der Waals surface area contributed by atoms with Crippen molar-refractivity contribution in [2.45, 2.75) is 194 Å². The Morgan fingerprint density at radius 1 is 0.788 bits per heavy atom. The first-order chi connectivity index (χ1) is 25.1. The normalized spacial score (nSPS) is 52.2. The van der Waals surface area contributed by atoms with E-state index in [1.165, 1.54) is 0 Å². The number of esters is 1. The van der Waals surface area contributed by atoms with E-state index in [9.17, 15) is 15.0 Å². The Labute approximate surface area is 305 Å². The Hall–Kier alpha value is -1.49. The van der Waals surface area contributed by atoms with Gasteiger partial charge in [0.15, 0.2) is 11.9 Å². The largest absolute Gasteiger partial charge is 0.457 e. The lowest BCUT2D eigenvalue weighted by atomic mass is 9.84. The predicted octanol–water partition coefficient (Wildman–Crippen LogP) is 2.81. The molecule has 12 bridgehead atoms. The van der Waals surface area contributed by atoms with Crippen molar-refractivity contribution in [3.8, 4) is 0 Å². The molecule has 0 amide bonds. The van der Waals surface area contributed by atoms with Crippen LogP contribution in [0.25, 0.3) is 0 Å². The first-order valence-corrected chi connectivity index (χ1v) is 19.8. The second-order valence-electron chi connectivity index (χ2n) is 16.9. The average molecular weight is 733 g/mol. The standard InChI is InChI=1S/C39H56O13/c1-18-11-22-5-7-25-19(2)12-24(44-25)9-10-39-16-30-35(51-39)36-37(49-30)38(52-39)33-26(48-36)8-6-23(46-33)14-31(42)50-34-29(15-27(45-22)20(18)3)47-28(32(34)43-4)13-21(41)17-40/h18,21-30,32-38,40-41H,2-3,5-17H2,1,4H3/t18-,21+,22+,23-,24+,25+,26+,27-,28-,29+,30+,32+,33+,34+,35+,36?,37-,38+,39+/m1/s1. The highest BCUT2D eigenvalue weighted by Gasteiger charge is 2.68. The Bertz CT molecular complexity index is 1380. The molecule has 13 nitrogen and oxygen atoms in total. The van der Waals surface area contributed by atoms with E-state index in [1.807, 2.05) is 0 Å². The minimum absolute atomic E-state index is 0.0122. The minimum Gasteiger partial charge on any atom is -0.457 e. The third kappa shape index (κ3) is 6.53. The summed E-state index contributed by atoms with van der Waals surface area (Å²) in [5, 5.41) is 20.0. The topological polar surface area (TPSA) is 150 Å². The van der Waals surface area contributed by atoms with Crippen LogP contribution in [0.5, 0.6) is 0 Å². The third-order valence-electron chi connectivity index (χ3n) is 13.5. The molecule has 19 atom stereocenters. The number of aliphatic hydroxyl groups is 2. The number of ether oxygens (including phenoxy) is 10. The fourth-order valence-electron chi connectivity index (χ4n) is 10.8. The molecule has 52 heavy (non-hydrogen) atoms. The SMILES string of the molecule is C=C1C[C@@H]2CC[C@@]34C[C@@H]5O[C@@H]6C(O[C@H]7CC[C@H](CC(=O)O[C@@H]8[C@@H](OC)[C@@H](C[C@H](O)CO)O[C@H]8C[C@H]8O[C@@H](CC[C@@H]1O2)C[C@@H](C)C8=C)O[C@@H]7[C@@H]6O3)[C@H]5O4. The molecule has 0 aromatic heterocycles. The number of fused-ring (bicyclic) bond motifs is 6. The number of hydrogen-bond donors (Lipinski definition) is 2. The fraction of sp³-hybridized carbons (Fsp3) is 0.872. The third-order valence-corrected chi connectivity index (χ3v) is 13.5. The van der Waals surface area contributed by atoms with Crippen LogP contribution in [-0.4, -0.2) is 139 Å². The highest BCUT2D eigenvalue weighted by molar-refractivity contribution is 5.70. The molecule has 0 aromatic carbocycles. The summed E-state index contributed by atoms with van der Waals surface area (Å²) in [7, 11) is 1.55. The number of rotatable bonds is 4. The van der Waals surface area contributed by atoms with Gasteiger partial charge in [-0.15, -0.1) is 0 Å². The highest BCUT2D eigenvalue weighted by Crippen LogP contribution is 2.54. The molecule has 10 aliphatic heterocycles. The van der Waals surface area contributed by atoms with Crippen molar-refractivity contribution < 1.29 is 62.4 Å². The van der Waals surface area contributed by atoms with Crippen molar-refractivity contribution in [2.75, 3.05) is 13.7 Å². The number of aliphatic hydroxyl groups excluding tert-OH is 2. The monoisotopic (exact) mass is 732 g/mol. The van der Waals surface area contributed by atoms with Gasteiger partial charge in [0.25, 0.3) is 0 Å². The van der Waals surface area contributed by atoms with Gasteiger partial charge in [-0.05, 0) is 62.0 Å². The van der Waals surface area contributed by atoms with Crippen LogP contribution in [0.2, 0.25) is 0 Å². The molecule has 1 unspecified atom stereocenters. The van der Waals surface area contributed by atoms with Gasteiger partial charge < -0.3 is 57.6 Å². The first kappa shape index (κ1) is 36.2. The Morgan fingerprint density at radius 3 is 2.37 bits per heavy atom. The van der Waals surface area contributed by atoms with Crippen LogP contribution in [0.1, 0.15) is 84.0 Å².